The second-order valence-electron chi connectivity index (χ2n) is 9.50. The maximum absolute atomic E-state index is 13.2. The molecule has 31 heavy (non-hydrogen) atoms. The Kier molecular flexibility index (Phi) is 6.18. The highest BCUT2D eigenvalue weighted by Gasteiger charge is 2.69. The summed E-state index contributed by atoms with van der Waals surface area (Å²) in [4.78, 5) is 27.5. The van der Waals surface area contributed by atoms with Crippen molar-refractivity contribution in [3.8, 4) is 0 Å². The number of nitrogens with zero attached hydrogens (tertiary/aromatic N) is 1. The number of benzene rings is 1. The first-order chi connectivity index (χ1) is 15.2. The fourth-order valence-corrected chi connectivity index (χ4v) is 5.88. The number of rotatable bonds is 4. The lowest BCUT2D eigenvalue weighted by Crippen LogP contribution is -2.49. The number of amides is 2. The number of fused-ring (bicyclic) bond motifs is 5. The second kappa shape index (κ2) is 9.04. The number of carbonyl (C=O) groups is 2. The van der Waals surface area contributed by atoms with Crippen molar-refractivity contribution >= 4 is 25.0 Å². The molecule has 0 aromatic heterocycles. The van der Waals surface area contributed by atoms with Crippen LogP contribution in [0.15, 0.2) is 30.3 Å². The van der Waals surface area contributed by atoms with Gasteiger partial charge in [-0.2, -0.15) is 0 Å². The van der Waals surface area contributed by atoms with Gasteiger partial charge in [-0.25, -0.2) is 4.90 Å². The van der Waals surface area contributed by atoms with Crippen molar-refractivity contribution in [2.75, 3.05) is 4.90 Å². The predicted molar refractivity (Wildman–Crippen MR) is 117 cm³/mol. The standard InChI is InChI=1S/C24H31BNO5/c27-19-20-17-18(24(29)26(23(17)28)16-13-9-6-10-14-16)21(30-20)22(19)31-25-15-11-7-4-2-1-3-5-8-12-15/h6,9-10,13-15,17-22,27H,1-5,7-8,11-12H2. The number of imide groups is 1. The van der Waals surface area contributed by atoms with Gasteiger partial charge in [-0.1, -0.05) is 76.0 Å². The Morgan fingerprint density at radius 3 is 2.10 bits per heavy atom. The molecule has 3 aliphatic heterocycles. The van der Waals surface area contributed by atoms with E-state index in [2.05, 4.69) is 0 Å². The number of ether oxygens (including phenoxy) is 1. The van der Waals surface area contributed by atoms with E-state index in [4.69, 9.17) is 9.39 Å². The first-order valence-corrected chi connectivity index (χ1v) is 11.9. The van der Waals surface area contributed by atoms with Crippen LogP contribution < -0.4 is 4.90 Å². The van der Waals surface area contributed by atoms with Crippen LogP contribution in [0.25, 0.3) is 0 Å². The van der Waals surface area contributed by atoms with E-state index < -0.39 is 36.3 Å². The lowest BCUT2D eigenvalue weighted by atomic mass is 9.71. The molecule has 0 spiro atoms. The van der Waals surface area contributed by atoms with E-state index >= 15 is 0 Å². The van der Waals surface area contributed by atoms with Crippen molar-refractivity contribution in [1.29, 1.82) is 0 Å². The summed E-state index contributed by atoms with van der Waals surface area (Å²) in [6.07, 6.45) is 8.35. The summed E-state index contributed by atoms with van der Waals surface area (Å²) >= 11 is 0. The molecule has 165 valence electrons. The minimum Gasteiger partial charge on any atom is -0.432 e. The van der Waals surface area contributed by atoms with Crippen LogP contribution in [0.5, 0.6) is 0 Å². The predicted octanol–water partition coefficient (Wildman–Crippen LogP) is 3.25. The van der Waals surface area contributed by atoms with Crippen molar-refractivity contribution in [2.24, 2.45) is 11.8 Å². The minimum absolute atomic E-state index is 0.243. The summed E-state index contributed by atoms with van der Waals surface area (Å²) in [5, 5.41) is 10.8. The summed E-state index contributed by atoms with van der Waals surface area (Å²) in [5.41, 5.74) is 0.575. The first-order valence-electron chi connectivity index (χ1n) is 11.9. The van der Waals surface area contributed by atoms with E-state index in [1.807, 2.05) is 25.7 Å². The number of para-hydroxylation sites is 1. The largest absolute Gasteiger partial charge is 0.432 e. The fraction of sp³-hybridized carbons (Fsp3) is 0.667. The summed E-state index contributed by atoms with van der Waals surface area (Å²) in [6.45, 7) is 0. The van der Waals surface area contributed by atoms with Crippen molar-refractivity contribution in [3.63, 3.8) is 0 Å². The van der Waals surface area contributed by atoms with Crippen LogP contribution in [-0.4, -0.2) is 48.8 Å². The molecule has 4 aliphatic rings. The molecular weight excluding hydrogens is 393 g/mol. The molecule has 2 amide bonds. The maximum Gasteiger partial charge on any atom is 0.296 e. The molecule has 1 radical (unpaired) electrons. The van der Waals surface area contributed by atoms with Crippen LogP contribution >= 0.6 is 0 Å². The quantitative estimate of drug-likeness (QED) is 0.593. The Labute approximate surface area is 184 Å². The van der Waals surface area contributed by atoms with E-state index in [0.29, 0.717) is 11.5 Å². The number of aliphatic hydroxyl groups is 1. The molecule has 5 rings (SSSR count). The van der Waals surface area contributed by atoms with E-state index in [0.717, 1.165) is 12.8 Å². The normalized spacial score (nSPS) is 36.6. The number of anilines is 1. The van der Waals surface area contributed by atoms with Gasteiger partial charge in [-0.15, -0.1) is 0 Å². The van der Waals surface area contributed by atoms with Crippen LogP contribution in [-0.2, 0) is 19.0 Å². The molecule has 6 nitrogen and oxygen atoms in total. The van der Waals surface area contributed by atoms with Crippen LogP contribution in [0.1, 0.15) is 57.8 Å². The van der Waals surface area contributed by atoms with Crippen molar-refractivity contribution < 1.29 is 24.1 Å². The van der Waals surface area contributed by atoms with Crippen LogP contribution in [0.4, 0.5) is 5.69 Å². The lowest BCUT2D eigenvalue weighted by Gasteiger charge is -2.30. The number of aliphatic hydroxyl groups excluding tert-OH is 1. The van der Waals surface area contributed by atoms with E-state index in [1.165, 1.54) is 49.8 Å². The van der Waals surface area contributed by atoms with Gasteiger partial charge in [0.2, 0.25) is 11.8 Å². The average Bonchev–Trinajstić information content (AvgIpc) is 3.40. The topological polar surface area (TPSA) is 76.1 Å². The molecule has 1 aromatic rings. The monoisotopic (exact) mass is 424 g/mol. The summed E-state index contributed by atoms with van der Waals surface area (Å²) in [7, 11) is 1.89. The smallest absolute Gasteiger partial charge is 0.296 e. The highest BCUT2D eigenvalue weighted by atomic mass is 16.6. The zero-order chi connectivity index (χ0) is 21.4. The zero-order valence-electron chi connectivity index (χ0n) is 17.9. The lowest BCUT2D eigenvalue weighted by molar-refractivity contribution is -0.125. The first kappa shape index (κ1) is 21.2. The Balaban J connectivity index is 1.26. The summed E-state index contributed by atoms with van der Waals surface area (Å²) in [6, 6.07) is 8.99. The molecule has 4 fully saturated rings. The molecule has 1 saturated carbocycles. The van der Waals surface area contributed by atoms with E-state index in [-0.39, 0.29) is 11.8 Å². The third-order valence-electron chi connectivity index (χ3n) is 7.51. The van der Waals surface area contributed by atoms with Gasteiger partial charge in [0.05, 0.1) is 35.8 Å². The van der Waals surface area contributed by atoms with Crippen molar-refractivity contribution in [3.05, 3.63) is 30.3 Å². The van der Waals surface area contributed by atoms with Gasteiger partial charge in [-0.3, -0.25) is 9.59 Å². The van der Waals surface area contributed by atoms with Gasteiger partial charge in [0.25, 0.3) is 7.48 Å². The SMILES string of the molecule is O=C1C2C3OC(C(O[B]C4CCCCCCCCC4)C3O)C2C(=O)N1c1ccccc1. The Hall–Kier alpha value is -1.70. The number of hydrogen-bond donors (Lipinski definition) is 1. The zero-order valence-corrected chi connectivity index (χ0v) is 17.9. The van der Waals surface area contributed by atoms with Crippen LogP contribution in [0, 0.1) is 11.8 Å². The van der Waals surface area contributed by atoms with Gasteiger partial charge in [0.1, 0.15) is 6.10 Å². The minimum atomic E-state index is -0.894. The van der Waals surface area contributed by atoms with E-state index in [9.17, 15) is 14.7 Å². The summed E-state index contributed by atoms with van der Waals surface area (Å²) in [5.74, 6) is -1.36. The molecule has 7 heteroatoms. The van der Waals surface area contributed by atoms with Crippen molar-refractivity contribution in [1.82, 2.24) is 0 Å². The van der Waals surface area contributed by atoms with Crippen molar-refractivity contribution in [2.45, 2.75) is 88.0 Å². The fourth-order valence-electron chi connectivity index (χ4n) is 5.88. The maximum atomic E-state index is 13.2. The Morgan fingerprint density at radius 1 is 0.871 bits per heavy atom. The molecular formula is C24H31BNO5. The van der Waals surface area contributed by atoms with Gasteiger partial charge in [-0.05, 0) is 17.9 Å². The van der Waals surface area contributed by atoms with Crippen LogP contribution in [0.3, 0.4) is 0 Å². The van der Waals surface area contributed by atoms with Gasteiger partial charge in [0, 0.05) is 0 Å². The van der Waals surface area contributed by atoms with Gasteiger partial charge < -0.3 is 14.5 Å². The Morgan fingerprint density at radius 2 is 1.45 bits per heavy atom. The summed E-state index contributed by atoms with van der Waals surface area (Å²) < 4.78 is 12.1. The molecule has 2 bridgehead atoms. The third kappa shape index (κ3) is 3.85. The highest BCUT2D eigenvalue weighted by molar-refractivity contribution is 6.29. The third-order valence-corrected chi connectivity index (χ3v) is 7.51. The number of hydrogen-bond acceptors (Lipinski definition) is 5. The molecule has 1 aliphatic carbocycles. The molecule has 1 aromatic carbocycles. The number of carbonyl (C=O) groups excluding carboxylic acids is 2. The Bertz CT molecular complexity index is 794. The molecule has 6 unspecified atom stereocenters. The highest BCUT2D eigenvalue weighted by Crippen LogP contribution is 2.50. The van der Waals surface area contributed by atoms with Gasteiger partial charge >= 0.3 is 0 Å². The average molecular weight is 424 g/mol. The van der Waals surface area contributed by atoms with E-state index in [1.54, 1.807) is 12.1 Å². The second-order valence-corrected chi connectivity index (χ2v) is 9.50. The molecule has 1 N–H and O–H groups in total. The van der Waals surface area contributed by atoms with Gasteiger partial charge in [0.15, 0.2) is 0 Å². The molecule has 3 saturated heterocycles. The molecule has 6 atom stereocenters. The molecule has 3 heterocycles. The van der Waals surface area contributed by atoms with Crippen LogP contribution in [0.2, 0.25) is 5.82 Å².